The highest BCUT2D eigenvalue weighted by Crippen LogP contribution is 2.14. The van der Waals surface area contributed by atoms with Crippen molar-refractivity contribution in [3.63, 3.8) is 0 Å². The normalized spacial score (nSPS) is 20.8. The van der Waals surface area contributed by atoms with Crippen LogP contribution >= 0.6 is 0 Å². The van der Waals surface area contributed by atoms with Crippen LogP contribution in [0.25, 0.3) is 5.52 Å². The predicted molar refractivity (Wildman–Crippen MR) is 72.5 cm³/mol. The molecule has 2 aromatic rings. The predicted octanol–water partition coefficient (Wildman–Crippen LogP) is 0.232. The van der Waals surface area contributed by atoms with E-state index in [4.69, 9.17) is 0 Å². The fourth-order valence-corrected chi connectivity index (χ4v) is 2.63. The first-order valence-electron chi connectivity index (χ1n) is 6.53. The molecule has 1 saturated heterocycles. The van der Waals surface area contributed by atoms with E-state index in [1.165, 1.54) is 6.42 Å². The van der Waals surface area contributed by atoms with Gasteiger partial charge in [-0.05, 0) is 33.4 Å². The van der Waals surface area contributed by atoms with Crippen LogP contribution in [-0.4, -0.2) is 50.9 Å². The van der Waals surface area contributed by atoms with E-state index in [0.29, 0.717) is 17.5 Å². The van der Waals surface area contributed by atoms with Crippen molar-refractivity contribution in [2.45, 2.75) is 25.8 Å². The van der Waals surface area contributed by atoms with E-state index in [1.807, 2.05) is 6.92 Å². The molecule has 7 heteroatoms. The standard InChI is InChI=1S/C12H18N6O/c1-8-6-13-18-10(8)11(19)15-16-12(18)14-9-4-3-5-17(2)7-9/h6,9H,3-5,7H2,1-2H3,(H,14,16)(H,15,19)/t9-/m1/s1. The maximum absolute atomic E-state index is 11.7. The molecular weight excluding hydrogens is 244 g/mol. The van der Waals surface area contributed by atoms with Gasteiger partial charge in [0.15, 0.2) is 0 Å². The average Bonchev–Trinajstić information content (AvgIpc) is 2.76. The number of aromatic amines is 1. The first-order valence-corrected chi connectivity index (χ1v) is 6.53. The molecule has 0 radical (unpaired) electrons. The molecule has 3 heterocycles. The van der Waals surface area contributed by atoms with Gasteiger partial charge in [0.25, 0.3) is 5.56 Å². The van der Waals surface area contributed by atoms with Crippen molar-refractivity contribution < 1.29 is 0 Å². The van der Waals surface area contributed by atoms with Gasteiger partial charge in [-0.3, -0.25) is 4.79 Å². The van der Waals surface area contributed by atoms with Crippen LogP contribution in [-0.2, 0) is 0 Å². The molecule has 102 valence electrons. The molecule has 1 aliphatic rings. The molecule has 3 rings (SSSR count). The van der Waals surface area contributed by atoms with Gasteiger partial charge in [-0.1, -0.05) is 0 Å². The summed E-state index contributed by atoms with van der Waals surface area (Å²) in [5.74, 6) is 0.600. The number of H-pyrrole nitrogens is 1. The zero-order valence-corrected chi connectivity index (χ0v) is 11.2. The van der Waals surface area contributed by atoms with Crippen molar-refractivity contribution in [3.8, 4) is 0 Å². The van der Waals surface area contributed by atoms with Crippen LogP contribution in [0.3, 0.4) is 0 Å². The zero-order chi connectivity index (χ0) is 13.4. The molecule has 0 saturated carbocycles. The second-order valence-corrected chi connectivity index (χ2v) is 5.21. The number of aryl methyl sites for hydroxylation is 1. The Morgan fingerprint density at radius 2 is 2.37 bits per heavy atom. The molecule has 0 aliphatic carbocycles. The minimum atomic E-state index is -0.207. The van der Waals surface area contributed by atoms with E-state index >= 15 is 0 Å². The lowest BCUT2D eigenvalue weighted by molar-refractivity contribution is 0.260. The average molecular weight is 262 g/mol. The first kappa shape index (κ1) is 12.2. The first-order chi connectivity index (χ1) is 9.15. The fourth-order valence-electron chi connectivity index (χ4n) is 2.63. The summed E-state index contributed by atoms with van der Waals surface area (Å²) in [6.07, 6.45) is 3.95. The summed E-state index contributed by atoms with van der Waals surface area (Å²) in [5, 5.41) is 14.2. The van der Waals surface area contributed by atoms with Crippen LogP contribution in [0.4, 0.5) is 5.95 Å². The monoisotopic (exact) mass is 262 g/mol. The molecule has 1 aliphatic heterocycles. The van der Waals surface area contributed by atoms with Gasteiger partial charge >= 0.3 is 0 Å². The second-order valence-electron chi connectivity index (χ2n) is 5.21. The Labute approximate surface area is 110 Å². The summed E-state index contributed by atoms with van der Waals surface area (Å²) in [6, 6.07) is 0.338. The maximum atomic E-state index is 11.7. The van der Waals surface area contributed by atoms with E-state index in [0.717, 1.165) is 25.1 Å². The molecule has 19 heavy (non-hydrogen) atoms. The van der Waals surface area contributed by atoms with Gasteiger partial charge in [0.2, 0.25) is 5.95 Å². The van der Waals surface area contributed by atoms with E-state index in [1.54, 1.807) is 10.7 Å². The van der Waals surface area contributed by atoms with Crippen LogP contribution in [0.15, 0.2) is 11.0 Å². The van der Waals surface area contributed by atoms with E-state index in [-0.39, 0.29) is 5.56 Å². The number of piperidine rings is 1. The largest absolute Gasteiger partial charge is 0.349 e. The van der Waals surface area contributed by atoms with Gasteiger partial charge in [0, 0.05) is 18.2 Å². The lowest BCUT2D eigenvalue weighted by Gasteiger charge is -2.30. The number of nitrogens with one attached hydrogen (secondary N) is 2. The third kappa shape index (κ3) is 2.21. The number of likely N-dealkylation sites (N-methyl/N-ethyl adjacent to an activating group) is 1. The van der Waals surface area contributed by atoms with Crippen molar-refractivity contribution >= 4 is 11.5 Å². The zero-order valence-electron chi connectivity index (χ0n) is 11.2. The molecule has 0 spiro atoms. The molecule has 1 atom stereocenters. The Bertz CT molecular complexity index is 645. The Morgan fingerprint density at radius 3 is 3.16 bits per heavy atom. The molecular formula is C12H18N6O. The summed E-state index contributed by atoms with van der Waals surface area (Å²) >= 11 is 0. The molecule has 7 nitrogen and oxygen atoms in total. The van der Waals surface area contributed by atoms with Crippen LogP contribution in [0.1, 0.15) is 18.4 Å². The molecule has 0 bridgehead atoms. The van der Waals surface area contributed by atoms with Crippen molar-refractivity contribution in [3.05, 3.63) is 22.1 Å². The number of nitrogens with zero attached hydrogens (tertiary/aromatic N) is 4. The number of anilines is 1. The highest BCUT2D eigenvalue weighted by atomic mass is 16.1. The Balaban J connectivity index is 1.93. The van der Waals surface area contributed by atoms with Crippen LogP contribution in [0, 0.1) is 6.92 Å². The minimum absolute atomic E-state index is 0.207. The number of hydrogen-bond donors (Lipinski definition) is 2. The lowest BCUT2D eigenvalue weighted by Crippen LogP contribution is -2.40. The van der Waals surface area contributed by atoms with Crippen molar-refractivity contribution in [1.82, 2.24) is 24.7 Å². The van der Waals surface area contributed by atoms with Crippen molar-refractivity contribution in [2.24, 2.45) is 0 Å². The molecule has 0 aromatic carbocycles. The lowest BCUT2D eigenvalue weighted by atomic mass is 10.1. The highest BCUT2D eigenvalue weighted by Gasteiger charge is 2.19. The third-order valence-electron chi connectivity index (χ3n) is 3.59. The number of likely N-dealkylation sites (tertiary alicyclic amines) is 1. The Hall–Kier alpha value is -1.89. The van der Waals surface area contributed by atoms with Crippen molar-refractivity contribution in [1.29, 1.82) is 0 Å². The van der Waals surface area contributed by atoms with E-state index < -0.39 is 0 Å². The highest BCUT2D eigenvalue weighted by molar-refractivity contribution is 5.54. The summed E-state index contributed by atoms with van der Waals surface area (Å²) in [5.41, 5.74) is 1.20. The van der Waals surface area contributed by atoms with Gasteiger partial charge in [-0.2, -0.15) is 9.61 Å². The second kappa shape index (κ2) is 4.65. The minimum Gasteiger partial charge on any atom is -0.349 e. The summed E-state index contributed by atoms with van der Waals surface area (Å²) in [6.45, 7) is 3.98. The van der Waals surface area contributed by atoms with Crippen LogP contribution < -0.4 is 10.9 Å². The van der Waals surface area contributed by atoms with E-state index in [9.17, 15) is 4.79 Å². The van der Waals surface area contributed by atoms with E-state index in [2.05, 4.69) is 32.6 Å². The number of aromatic nitrogens is 4. The fraction of sp³-hybridized carbons (Fsp3) is 0.583. The quantitative estimate of drug-likeness (QED) is 0.810. The molecule has 0 unspecified atom stereocenters. The molecule has 2 aromatic heterocycles. The van der Waals surface area contributed by atoms with Gasteiger partial charge in [0.05, 0.1) is 6.20 Å². The molecule has 2 N–H and O–H groups in total. The number of hydrogen-bond acceptors (Lipinski definition) is 5. The summed E-state index contributed by atoms with van der Waals surface area (Å²) < 4.78 is 1.59. The third-order valence-corrected chi connectivity index (χ3v) is 3.59. The number of fused-ring (bicyclic) bond motifs is 1. The van der Waals surface area contributed by atoms with Crippen LogP contribution in [0.5, 0.6) is 0 Å². The molecule has 0 amide bonds. The smallest absolute Gasteiger partial charge is 0.290 e. The summed E-state index contributed by atoms with van der Waals surface area (Å²) in [4.78, 5) is 14.0. The van der Waals surface area contributed by atoms with Crippen LogP contribution in [0.2, 0.25) is 0 Å². The Morgan fingerprint density at radius 1 is 1.53 bits per heavy atom. The Kier molecular flexibility index (Phi) is 2.98. The summed E-state index contributed by atoms with van der Waals surface area (Å²) in [7, 11) is 2.11. The maximum Gasteiger partial charge on any atom is 0.290 e. The van der Waals surface area contributed by atoms with Crippen molar-refractivity contribution in [2.75, 3.05) is 25.5 Å². The van der Waals surface area contributed by atoms with Gasteiger partial charge in [-0.15, -0.1) is 5.10 Å². The SMILES string of the molecule is Cc1cnn2c(N[C@@H]3CCCN(C)C3)n[nH]c(=O)c12. The molecule has 1 fully saturated rings. The number of rotatable bonds is 2. The topological polar surface area (TPSA) is 78.3 Å². The van der Waals surface area contributed by atoms with Gasteiger partial charge in [0.1, 0.15) is 5.52 Å². The van der Waals surface area contributed by atoms with Gasteiger partial charge < -0.3 is 10.2 Å². The van der Waals surface area contributed by atoms with Gasteiger partial charge in [-0.25, -0.2) is 5.10 Å².